The van der Waals surface area contributed by atoms with Gasteiger partial charge < -0.3 is 5.11 Å². The molecule has 0 radical (unpaired) electrons. The maximum Gasteiger partial charge on any atom is 0.130 e. The molecule has 1 aromatic heterocycles. The van der Waals surface area contributed by atoms with E-state index >= 15 is 0 Å². The quantitative estimate of drug-likeness (QED) is 0.890. The molecule has 0 amide bonds. The van der Waals surface area contributed by atoms with Crippen LogP contribution >= 0.6 is 23.1 Å². The Kier molecular flexibility index (Phi) is 3.63. The molecule has 16 heavy (non-hydrogen) atoms. The lowest BCUT2D eigenvalue weighted by Gasteiger charge is -2.11. The maximum absolute atomic E-state index is 13.6. The molecule has 4 heteroatoms. The zero-order chi connectivity index (χ0) is 11.5. The van der Waals surface area contributed by atoms with E-state index in [1.54, 1.807) is 24.3 Å². The molecule has 84 valence electrons. The Bertz CT molecular complexity index is 466. The first-order chi connectivity index (χ1) is 7.68. The normalized spacial score (nSPS) is 12.7. The van der Waals surface area contributed by atoms with Crippen LogP contribution in [-0.2, 0) is 0 Å². The van der Waals surface area contributed by atoms with Gasteiger partial charge in [0.2, 0.25) is 0 Å². The van der Waals surface area contributed by atoms with Crippen molar-refractivity contribution in [1.82, 2.24) is 0 Å². The third-order valence-corrected chi connectivity index (χ3v) is 4.25. The minimum Gasteiger partial charge on any atom is -0.389 e. The van der Waals surface area contributed by atoms with Gasteiger partial charge in [0.15, 0.2) is 0 Å². The zero-order valence-electron chi connectivity index (χ0n) is 8.68. The largest absolute Gasteiger partial charge is 0.389 e. The molecular weight excluding hydrogens is 243 g/mol. The molecule has 0 bridgehead atoms. The molecule has 0 unspecified atom stereocenters. The molecule has 0 fully saturated rings. The SMILES string of the molecule is C[C@@H](O)c1c(F)cccc1Sc1cccs1. The van der Waals surface area contributed by atoms with E-state index in [2.05, 4.69) is 0 Å². The molecule has 1 aromatic carbocycles. The average molecular weight is 254 g/mol. The summed E-state index contributed by atoms with van der Waals surface area (Å²) in [5.74, 6) is -0.350. The second-order valence-corrected chi connectivity index (χ2v) is 5.65. The number of rotatable bonds is 3. The van der Waals surface area contributed by atoms with Crippen molar-refractivity contribution in [3.05, 3.63) is 47.1 Å². The van der Waals surface area contributed by atoms with Crippen molar-refractivity contribution in [3.63, 3.8) is 0 Å². The standard InChI is InChI=1S/C12H11FOS2/c1-8(14)12-9(13)4-2-5-10(12)16-11-6-3-7-15-11/h2-8,14H,1H3/t8-/m1/s1. The van der Waals surface area contributed by atoms with Crippen molar-refractivity contribution in [1.29, 1.82) is 0 Å². The number of aliphatic hydroxyl groups excluding tert-OH is 1. The molecule has 0 saturated carbocycles. The summed E-state index contributed by atoms with van der Waals surface area (Å²) < 4.78 is 14.6. The highest BCUT2D eigenvalue weighted by molar-refractivity contribution is 8.01. The second kappa shape index (κ2) is 4.99. The molecule has 0 aliphatic carbocycles. The van der Waals surface area contributed by atoms with Gasteiger partial charge in [0, 0.05) is 10.5 Å². The highest BCUT2D eigenvalue weighted by Gasteiger charge is 2.14. The fourth-order valence-corrected chi connectivity index (χ4v) is 3.41. The summed E-state index contributed by atoms with van der Waals surface area (Å²) >= 11 is 3.08. The van der Waals surface area contributed by atoms with Gasteiger partial charge in [0.05, 0.1) is 10.3 Å². The molecule has 0 aliphatic heterocycles. The van der Waals surface area contributed by atoms with Crippen molar-refractivity contribution in [3.8, 4) is 0 Å². The van der Waals surface area contributed by atoms with Gasteiger partial charge in [-0.1, -0.05) is 23.9 Å². The number of hydrogen-bond acceptors (Lipinski definition) is 3. The monoisotopic (exact) mass is 254 g/mol. The van der Waals surface area contributed by atoms with Crippen LogP contribution in [0, 0.1) is 5.82 Å². The Labute approximate surface area is 102 Å². The number of thiophene rings is 1. The van der Waals surface area contributed by atoms with E-state index in [9.17, 15) is 9.50 Å². The van der Waals surface area contributed by atoms with Crippen LogP contribution in [0.1, 0.15) is 18.6 Å². The number of hydrogen-bond donors (Lipinski definition) is 1. The first-order valence-electron chi connectivity index (χ1n) is 4.86. The van der Waals surface area contributed by atoms with E-state index in [4.69, 9.17) is 0 Å². The number of benzene rings is 1. The Morgan fingerprint density at radius 1 is 1.31 bits per heavy atom. The van der Waals surface area contributed by atoms with Crippen LogP contribution in [0.2, 0.25) is 0 Å². The third-order valence-electron chi connectivity index (χ3n) is 2.14. The molecule has 1 nitrogen and oxygen atoms in total. The summed E-state index contributed by atoms with van der Waals surface area (Å²) in [7, 11) is 0. The maximum atomic E-state index is 13.6. The Hall–Kier alpha value is -0.840. The lowest BCUT2D eigenvalue weighted by Crippen LogP contribution is -1.98. The number of aliphatic hydroxyl groups is 1. The molecule has 1 atom stereocenters. The van der Waals surface area contributed by atoms with E-state index in [1.165, 1.54) is 17.8 Å². The first kappa shape index (κ1) is 11.6. The fraction of sp³-hybridized carbons (Fsp3) is 0.167. The van der Waals surface area contributed by atoms with Crippen LogP contribution in [-0.4, -0.2) is 5.11 Å². The third kappa shape index (κ3) is 2.45. The van der Waals surface area contributed by atoms with E-state index in [0.717, 1.165) is 9.10 Å². The summed E-state index contributed by atoms with van der Waals surface area (Å²) in [6.45, 7) is 1.58. The lowest BCUT2D eigenvalue weighted by atomic mass is 10.1. The molecule has 0 spiro atoms. The number of halogens is 1. The van der Waals surface area contributed by atoms with E-state index in [-0.39, 0.29) is 5.82 Å². The fourth-order valence-electron chi connectivity index (χ4n) is 1.44. The summed E-state index contributed by atoms with van der Waals surface area (Å²) in [4.78, 5) is 0.775. The van der Waals surface area contributed by atoms with Gasteiger partial charge in [-0.2, -0.15) is 0 Å². The summed E-state index contributed by atoms with van der Waals surface area (Å²) in [6, 6.07) is 8.80. The minimum absolute atomic E-state index is 0.350. The van der Waals surface area contributed by atoms with Crippen molar-refractivity contribution < 1.29 is 9.50 Å². The van der Waals surface area contributed by atoms with Gasteiger partial charge in [0.25, 0.3) is 0 Å². The van der Waals surface area contributed by atoms with E-state index < -0.39 is 6.10 Å². The predicted molar refractivity (Wildman–Crippen MR) is 65.5 cm³/mol. The van der Waals surface area contributed by atoms with Gasteiger partial charge in [-0.15, -0.1) is 11.3 Å². The highest BCUT2D eigenvalue weighted by Crippen LogP contribution is 2.36. The van der Waals surface area contributed by atoms with E-state index in [1.807, 2.05) is 23.6 Å². The average Bonchev–Trinajstić information content (AvgIpc) is 2.70. The van der Waals surface area contributed by atoms with Crippen molar-refractivity contribution in [2.75, 3.05) is 0 Å². The molecule has 1 heterocycles. The van der Waals surface area contributed by atoms with Gasteiger partial charge in [0.1, 0.15) is 5.82 Å². The Morgan fingerprint density at radius 3 is 2.75 bits per heavy atom. The van der Waals surface area contributed by atoms with Gasteiger partial charge in [-0.3, -0.25) is 0 Å². The van der Waals surface area contributed by atoms with Crippen LogP contribution in [0.15, 0.2) is 44.8 Å². The van der Waals surface area contributed by atoms with Crippen molar-refractivity contribution >= 4 is 23.1 Å². The molecular formula is C12H11FOS2. The second-order valence-electron chi connectivity index (χ2n) is 3.36. The Balaban J connectivity index is 2.37. The van der Waals surface area contributed by atoms with Crippen molar-refractivity contribution in [2.24, 2.45) is 0 Å². The first-order valence-corrected chi connectivity index (χ1v) is 6.56. The molecule has 1 N–H and O–H groups in total. The van der Waals surface area contributed by atoms with Crippen LogP contribution in [0.5, 0.6) is 0 Å². The van der Waals surface area contributed by atoms with Crippen LogP contribution < -0.4 is 0 Å². The summed E-state index contributed by atoms with van der Waals surface area (Å²) in [5, 5.41) is 11.5. The van der Waals surface area contributed by atoms with Gasteiger partial charge in [-0.25, -0.2) is 4.39 Å². The summed E-state index contributed by atoms with van der Waals surface area (Å²) in [5.41, 5.74) is 0.376. The van der Waals surface area contributed by atoms with Crippen LogP contribution in [0.3, 0.4) is 0 Å². The van der Waals surface area contributed by atoms with Crippen LogP contribution in [0.25, 0.3) is 0 Å². The molecule has 0 saturated heterocycles. The topological polar surface area (TPSA) is 20.2 Å². The van der Waals surface area contributed by atoms with Crippen LogP contribution in [0.4, 0.5) is 4.39 Å². The Morgan fingerprint density at radius 2 is 2.12 bits per heavy atom. The molecule has 2 rings (SSSR count). The van der Waals surface area contributed by atoms with Gasteiger partial charge in [-0.05, 0) is 30.5 Å². The molecule has 2 aromatic rings. The summed E-state index contributed by atoms with van der Waals surface area (Å²) in [6.07, 6.45) is -0.788. The van der Waals surface area contributed by atoms with Crippen molar-refractivity contribution in [2.45, 2.75) is 22.1 Å². The minimum atomic E-state index is -0.788. The smallest absolute Gasteiger partial charge is 0.130 e. The van der Waals surface area contributed by atoms with E-state index in [0.29, 0.717) is 5.56 Å². The highest BCUT2D eigenvalue weighted by atomic mass is 32.2. The molecule has 0 aliphatic rings. The zero-order valence-corrected chi connectivity index (χ0v) is 10.3. The van der Waals surface area contributed by atoms with Gasteiger partial charge >= 0.3 is 0 Å². The lowest BCUT2D eigenvalue weighted by molar-refractivity contribution is 0.191. The predicted octanol–water partition coefficient (Wildman–Crippen LogP) is 4.09.